The van der Waals surface area contributed by atoms with E-state index in [0.717, 1.165) is 5.56 Å². The Morgan fingerprint density at radius 3 is 2.70 bits per heavy atom. The summed E-state index contributed by atoms with van der Waals surface area (Å²) >= 11 is 6.11. The molecule has 0 saturated heterocycles. The predicted molar refractivity (Wildman–Crippen MR) is 78.9 cm³/mol. The minimum Gasteiger partial charge on any atom is -0.335 e. The van der Waals surface area contributed by atoms with Crippen molar-refractivity contribution in [2.75, 3.05) is 6.54 Å². The number of nitrogens with zero attached hydrogens (tertiary/aromatic N) is 1. The van der Waals surface area contributed by atoms with Gasteiger partial charge >= 0.3 is 0 Å². The number of carbonyl (C=O) groups is 1. The molecule has 2 aromatic rings. The van der Waals surface area contributed by atoms with Crippen LogP contribution in [0.3, 0.4) is 0 Å². The number of hydrogen-bond donors (Lipinski definition) is 1. The van der Waals surface area contributed by atoms with E-state index in [-0.39, 0.29) is 11.5 Å². The van der Waals surface area contributed by atoms with E-state index in [4.69, 9.17) is 11.6 Å². The number of amides is 1. The molecular formula is C15H15ClN2O2. The van der Waals surface area contributed by atoms with Crippen molar-refractivity contribution in [3.63, 3.8) is 0 Å². The molecule has 0 radical (unpaired) electrons. The lowest BCUT2D eigenvalue weighted by atomic mass is 10.2. The molecule has 0 unspecified atom stereocenters. The van der Waals surface area contributed by atoms with Gasteiger partial charge in [0.1, 0.15) is 0 Å². The van der Waals surface area contributed by atoms with E-state index in [1.807, 2.05) is 25.1 Å². The number of H-pyrrole nitrogens is 1. The molecule has 0 bridgehead atoms. The van der Waals surface area contributed by atoms with Gasteiger partial charge in [-0.15, -0.1) is 0 Å². The molecule has 0 saturated carbocycles. The Morgan fingerprint density at radius 2 is 2.05 bits per heavy atom. The van der Waals surface area contributed by atoms with Crippen molar-refractivity contribution in [2.24, 2.45) is 0 Å². The van der Waals surface area contributed by atoms with E-state index in [1.165, 1.54) is 12.3 Å². The van der Waals surface area contributed by atoms with Crippen molar-refractivity contribution in [1.82, 2.24) is 9.88 Å². The quantitative estimate of drug-likeness (QED) is 0.941. The summed E-state index contributed by atoms with van der Waals surface area (Å²) in [6.45, 7) is 2.85. The highest BCUT2D eigenvalue weighted by Gasteiger charge is 2.15. The van der Waals surface area contributed by atoms with Gasteiger partial charge in [-0.2, -0.15) is 0 Å². The van der Waals surface area contributed by atoms with E-state index < -0.39 is 0 Å². The van der Waals surface area contributed by atoms with Crippen LogP contribution in [0.15, 0.2) is 47.4 Å². The van der Waals surface area contributed by atoms with Crippen LogP contribution in [0, 0.1) is 0 Å². The predicted octanol–water partition coefficient (Wildman–Crippen LogP) is 2.69. The number of nitrogens with one attached hydrogen (secondary N) is 1. The molecule has 0 fully saturated rings. The van der Waals surface area contributed by atoms with E-state index in [1.54, 1.807) is 17.0 Å². The summed E-state index contributed by atoms with van der Waals surface area (Å²) in [6.07, 6.45) is 1.47. The highest BCUT2D eigenvalue weighted by Crippen LogP contribution is 2.17. The highest BCUT2D eigenvalue weighted by molar-refractivity contribution is 6.31. The molecule has 0 atom stereocenters. The Bertz CT molecular complexity index is 667. The van der Waals surface area contributed by atoms with Crippen LogP contribution in [0.1, 0.15) is 22.8 Å². The molecule has 0 aliphatic heterocycles. The van der Waals surface area contributed by atoms with Crippen molar-refractivity contribution < 1.29 is 4.79 Å². The lowest BCUT2D eigenvalue weighted by Gasteiger charge is -2.21. The summed E-state index contributed by atoms with van der Waals surface area (Å²) in [5.41, 5.74) is 0.974. The van der Waals surface area contributed by atoms with Gasteiger partial charge in [0.15, 0.2) is 0 Å². The maximum absolute atomic E-state index is 12.4. The summed E-state index contributed by atoms with van der Waals surface area (Å²) in [7, 11) is 0. The molecule has 104 valence electrons. The average Bonchev–Trinajstić information content (AvgIpc) is 2.46. The van der Waals surface area contributed by atoms with E-state index in [2.05, 4.69) is 4.98 Å². The van der Waals surface area contributed by atoms with Gasteiger partial charge in [-0.3, -0.25) is 9.59 Å². The van der Waals surface area contributed by atoms with Crippen LogP contribution in [0.4, 0.5) is 0 Å². The third-order valence-electron chi connectivity index (χ3n) is 3.01. The number of aromatic amines is 1. The molecule has 4 nitrogen and oxygen atoms in total. The first-order chi connectivity index (χ1) is 9.61. The molecule has 0 aliphatic carbocycles. The third-order valence-corrected chi connectivity index (χ3v) is 3.38. The molecular weight excluding hydrogens is 276 g/mol. The van der Waals surface area contributed by atoms with Crippen LogP contribution in [0.2, 0.25) is 5.02 Å². The fourth-order valence-electron chi connectivity index (χ4n) is 1.92. The lowest BCUT2D eigenvalue weighted by Crippen LogP contribution is -2.31. The molecule has 0 aliphatic rings. The molecule has 1 amide bonds. The minimum absolute atomic E-state index is 0.182. The molecule has 0 spiro atoms. The molecule has 1 heterocycles. The van der Waals surface area contributed by atoms with Crippen LogP contribution >= 0.6 is 11.6 Å². The van der Waals surface area contributed by atoms with Gasteiger partial charge in [0, 0.05) is 35.9 Å². The third kappa shape index (κ3) is 3.27. The molecule has 20 heavy (non-hydrogen) atoms. The van der Waals surface area contributed by atoms with Crippen LogP contribution < -0.4 is 5.56 Å². The second-order valence-corrected chi connectivity index (χ2v) is 4.76. The number of hydrogen-bond acceptors (Lipinski definition) is 2. The van der Waals surface area contributed by atoms with Crippen LogP contribution in [0.25, 0.3) is 0 Å². The molecule has 2 rings (SSSR count). The van der Waals surface area contributed by atoms with Gasteiger partial charge in [-0.25, -0.2) is 0 Å². The standard InChI is InChI=1S/C15H15ClN2O2/c1-2-18(10-12-5-3-4-6-13(12)16)15(20)11-7-8-17-14(19)9-11/h3-9H,2,10H2,1H3,(H,17,19). The van der Waals surface area contributed by atoms with Gasteiger partial charge in [0.05, 0.1) is 0 Å². The smallest absolute Gasteiger partial charge is 0.254 e. The Morgan fingerprint density at radius 1 is 1.30 bits per heavy atom. The minimum atomic E-state index is -0.287. The monoisotopic (exact) mass is 290 g/mol. The Kier molecular flexibility index (Phi) is 4.58. The van der Waals surface area contributed by atoms with Crippen molar-refractivity contribution >= 4 is 17.5 Å². The lowest BCUT2D eigenvalue weighted by molar-refractivity contribution is 0.0752. The van der Waals surface area contributed by atoms with Crippen molar-refractivity contribution in [1.29, 1.82) is 0 Å². The second kappa shape index (κ2) is 6.39. The maximum Gasteiger partial charge on any atom is 0.254 e. The van der Waals surface area contributed by atoms with Crippen molar-refractivity contribution in [3.8, 4) is 0 Å². The van der Waals surface area contributed by atoms with Gasteiger partial charge < -0.3 is 9.88 Å². The van der Waals surface area contributed by atoms with Gasteiger partial charge in [0.25, 0.3) is 5.91 Å². The zero-order chi connectivity index (χ0) is 14.5. The normalized spacial score (nSPS) is 10.3. The molecule has 1 aromatic heterocycles. The first-order valence-electron chi connectivity index (χ1n) is 6.33. The Hall–Kier alpha value is -2.07. The first-order valence-corrected chi connectivity index (χ1v) is 6.71. The van der Waals surface area contributed by atoms with Crippen LogP contribution in [0.5, 0.6) is 0 Å². The Balaban J connectivity index is 2.22. The number of halogens is 1. The van der Waals surface area contributed by atoms with Crippen molar-refractivity contribution in [3.05, 3.63) is 69.1 Å². The van der Waals surface area contributed by atoms with Crippen LogP contribution in [-0.4, -0.2) is 22.3 Å². The molecule has 1 N–H and O–H groups in total. The second-order valence-electron chi connectivity index (χ2n) is 4.35. The Labute approximate surface area is 122 Å². The first kappa shape index (κ1) is 14.3. The molecule has 1 aromatic carbocycles. The highest BCUT2D eigenvalue weighted by atomic mass is 35.5. The number of carbonyl (C=O) groups excluding carboxylic acids is 1. The van der Waals surface area contributed by atoms with Gasteiger partial charge in [0.2, 0.25) is 5.56 Å². The number of aromatic nitrogens is 1. The summed E-state index contributed by atoms with van der Waals surface area (Å²) in [4.78, 5) is 27.8. The fourth-order valence-corrected chi connectivity index (χ4v) is 2.12. The SMILES string of the molecule is CCN(Cc1ccccc1Cl)C(=O)c1cc[nH]c(=O)c1. The fraction of sp³-hybridized carbons (Fsp3) is 0.200. The van der Waals surface area contributed by atoms with Gasteiger partial charge in [-0.05, 0) is 24.6 Å². The average molecular weight is 291 g/mol. The van der Waals surface area contributed by atoms with Crippen molar-refractivity contribution in [2.45, 2.75) is 13.5 Å². The largest absolute Gasteiger partial charge is 0.335 e. The zero-order valence-electron chi connectivity index (χ0n) is 11.1. The summed E-state index contributed by atoms with van der Waals surface area (Å²) in [5.74, 6) is -0.182. The van der Waals surface area contributed by atoms with E-state index >= 15 is 0 Å². The van der Waals surface area contributed by atoms with E-state index in [9.17, 15) is 9.59 Å². The van der Waals surface area contributed by atoms with Gasteiger partial charge in [-0.1, -0.05) is 29.8 Å². The number of pyridine rings is 1. The van der Waals surface area contributed by atoms with Crippen LogP contribution in [-0.2, 0) is 6.54 Å². The molecule has 5 heteroatoms. The summed E-state index contributed by atoms with van der Waals surface area (Å²) in [6, 6.07) is 10.3. The maximum atomic E-state index is 12.4. The summed E-state index contributed by atoms with van der Waals surface area (Å²) < 4.78 is 0. The number of benzene rings is 1. The topological polar surface area (TPSA) is 53.2 Å². The number of rotatable bonds is 4. The zero-order valence-corrected chi connectivity index (χ0v) is 11.9. The van der Waals surface area contributed by atoms with E-state index in [0.29, 0.717) is 23.7 Å². The summed E-state index contributed by atoms with van der Waals surface area (Å²) in [5, 5.41) is 0.629.